The molecule has 4 rings (SSSR count). The van der Waals surface area contributed by atoms with Crippen LogP contribution in [0.15, 0.2) is 52.2 Å². The Kier molecular flexibility index (Phi) is 5.29. The lowest BCUT2D eigenvalue weighted by molar-refractivity contribution is -0.114. The van der Waals surface area contributed by atoms with Crippen LogP contribution < -0.4 is 5.32 Å². The molecular formula is C20H20N4O3S. The predicted octanol–water partition coefficient (Wildman–Crippen LogP) is 3.73. The third kappa shape index (κ3) is 4.33. The first-order chi connectivity index (χ1) is 13.6. The van der Waals surface area contributed by atoms with Crippen LogP contribution in [-0.4, -0.2) is 32.2 Å². The second-order valence-corrected chi connectivity index (χ2v) is 7.69. The van der Waals surface area contributed by atoms with Gasteiger partial charge in [0.25, 0.3) is 0 Å². The summed E-state index contributed by atoms with van der Waals surface area (Å²) >= 11 is 1.38. The number of carbonyl (C=O) groups is 2. The lowest BCUT2D eigenvalue weighted by atomic mass is 10.1. The van der Waals surface area contributed by atoms with Gasteiger partial charge in [-0.25, -0.2) is 0 Å². The number of hydrogen-bond acceptors (Lipinski definition) is 6. The van der Waals surface area contributed by atoms with Crippen LogP contribution in [0.1, 0.15) is 47.6 Å². The summed E-state index contributed by atoms with van der Waals surface area (Å²) in [7, 11) is 0. The van der Waals surface area contributed by atoms with Gasteiger partial charge in [0.2, 0.25) is 5.91 Å². The molecule has 1 aliphatic rings. The first-order valence-corrected chi connectivity index (χ1v) is 10.1. The Bertz CT molecular complexity index is 976. The molecule has 0 atom stereocenters. The molecule has 0 bridgehead atoms. The van der Waals surface area contributed by atoms with Gasteiger partial charge in [-0.3, -0.25) is 14.2 Å². The summed E-state index contributed by atoms with van der Waals surface area (Å²) in [6.45, 7) is 2.01. The number of hydrogen-bond donors (Lipinski definition) is 1. The van der Waals surface area contributed by atoms with Gasteiger partial charge < -0.3 is 9.73 Å². The largest absolute Gasteiger partial charge is 0.467 e. The van der Waals surface area contributed by atoms with Gasteiger partial charge in [0, 0.05) is 24.1 Å². The van der Waals surface area contributed by atoms with Crippen LogP contribution in [0.2, 0.25) is 0 Å². The minimum atomic E-state index is -0.142. The molecule has 8 heteroatoms. The van der Waals surface area contributed by atoms with E-state index < -0.39 is 0 Å². The molecule has 144 valence electrons. The van der Waals surface area contributed by atoms with Gasteiger partial charge in [0.1, 0.15) is 11.6 Å². The number of aromatic nitrogens is 3. The number of nitrogens with one attached hydrogen (secondary N) is 1. The standard InChI is InChI=1S/C20H20N4O3S/c1-13(25)21-16-8-6-14(7-9-16)18(26)12-28-20-23-22-19(15-4-5-15)24(20)11-17-3-2-10-27-17/h2-3,6-10,15H,4-5,11-12H2,1H3,(H,21,25). The summed E-state index contributed by atoms with van der Waals surface area (Å²) in [6.07, 6.45) is 3.90. The van der Waals surface area contributed by atoms with Crippen molar-refractivity contribution in [3.05, 3.63) is 59.8 Å². The topological polar surface area (TPSA) is 90.0 Å². The molecule has 0 saturated heterocycles. The normalized spacial score (nSPS) is 13.5. The van der Waals surface area contributed by atoms with Crippen LogP contribution in [-0.2, 0) is 11.3 Å². The molecule has 1 aliphatic carbocycles. The van der Waals surface area contributed by atoms with E-state index in [1.165, 1.54) is 18.7 Å². The van der Waals surface area contributed by atoms with Crippen LogP contribution in [0, 0.1) is 0 Å². The Labute approximate surface area is 166 Å². The average molecular weight is 396 g/mol. The molecule has 0 radical (unpaired) electrons. The summed E-state index contributed by atoms with van der Waals surface area (Å²) in [4.78, 5) is 23.6. The van der Waals surface area contributed by atoms with Gasteiger partial charge in [-0.05, 0) is 49.2 Å². The Morgan fingerprint density at radius 1 is 1.21 bits per heavy atom. The fraction of sp³-hybridized carbons (Fsp3) is 0.300. The third-order valence-corrected chi connectivity index (χ3v) is 5.41. The van der Waals surface area contributed by atoms with E-state index in [2.05, 4.69) is 15.5 Å². The number of benzene rings is 1. The predicted molar refractivity (Wildman–Crippen MR) is 106 cm³/mol. The number of rotatable bonds is 8. The molecular weight excluding hydrogens is 376 g/mol. The van der Waals surface area contributed by atoms with Gasteiger partial charge in [-0.2, -0.15) is 0 Å². The second-order valence-electron chi connectivity index (χ2n) is 6.75. The SMILES string of the molecule is CC(=O)Nc1ccc(C(=O)CSc2nnc(C3CC3)n2Cc2ccco2)cc1. The highest BCUT2D eigenvalue weighted by molar-refractivity contribution is 7.99. The number of carbonyl (C=O) groups excluding carboxylic acids is 2. The van der Waals surface area contributed by atoms with Crippen molar-refractivity contribution in [3.63, 3.8) is 0 Å². The van der Waals surface area contributed by atoms with Gasteiger partial charge in [0.05, 0.1) is 18.6 Å². The van der Waals surface area contributed by atoms with E-state index in [1.807, 2.05) is 16.7 Å². The van der Waals surface area contributed by atoms with Crippen LogP contribution >= 0.6 is 11.8 Å². The number of nitrogens with zero attached hydrogens (tertiary/aromatic N) is 3. The Morgan fingerprint density at radius 2 is 2.00 bits per heavy atom. The molecule has 0 spiro atoms. The number of anilines is 1. The highest BCUT2D eigenvalue weighted by atomic mass is 32.2. The van der Waals surface area contributed by atoms with Crippen molar-refractivity contribution >= 4 is 29.1 Å². The summed E-state index contributed by atoms with van der Waals surface area (Å²) < 4.78 is 7.52. The number of furan rings is 1. The van der Waals surface area contributed by atoms with Crippen molar-refractivity contribution in [3.8, 4) is 0 Å². The van der Waals surface area contributed by atoms with Crippen molar-refractivity contribution in [1.82, 2.24) is 14.8 Å². The number of amides is 1. The fourth-order valence-electron chi connectivity index (χ4n) is 2.91. The zero-order valence-electron chi connectivity index (χ0n) is 15.4. The first kappa shape index (κ1) is 18.5. The molecule has 7 nitrogen and oxygen atoms in total. The van der Waals surface area contributed by atoms with Crippen LogP contribution in [0.5, 0.6) is 0 Å². The van der Waals surface area contributed by atoms with E-state index in [-0.39, 0.29) is 17.4 Å². The highest BCUT2D eigenvalue weighted by Crippen LogP contribution is 2.40. The monoisotopic (exact) mass is 396 g/mol. The maximum absolute atomic E-state index is 12.5. The summed E-state index contributed by atoms with van der Waals surface area (Å²) in [5, 5.41) is 12.1. The van der Waals surface area contributed by atoms with Crippen molar-refractivity contribution in [2.24, 2.45) is 0 Å². The Balaban J connectivity index is 1.44. The Morgan fingerprint density at radius 3 is 2.64 bits per heavy atom. The van der Waals surface area contributed by atoms with Crippen molar-refractivity contribution in [1.29, 1.82) is 0 Å². The van der Waals surface area contributed by atoms with E-state index in [4.69, 9.17) is 4.42 Å². The lowest BCUT2D eigenvalue weighted by Gasteiger charge is -2.08. The fourth-order valence-corrected chi connectivity index (χ4v) is 3.75. The highest BCUT2D eigenvalue weighted by Gasteiger charge is 2.30. The molecule has 1 N–H and O–H groups in total. The van der Waals surface area contributed by atoms with E-state index in [0.29, 0.717) is 23.7 Å². The molecule has 3 aromatic rings. The molecule has 28 heavy (non-hydrogen) atoms. The molecule has 2 aromatic heterocycles. The van der Waals surface area contributed by atoms with Crippen LogP contribution in [0.25, 0.3) is 0 Å². The van der Waals surface area contributed by atoms with Crippen LogP contribution in [0.4, 0.5) is 5.69 Å². The zero-order valence-corrected chi connectivity index (χ0v) is 16.2. The molecule has 2 heterocycles. The summed E-state index contributed by atoms with van der Waals surface area (Å²) in [5.74, 6) is 2.38. The lowest BCUT2D eigenvalue weighted by Crippen LogP contribution is -2.08. The summed E-state index contributed by atoms with van der Waals surface area (Å²) in [6, 6.07) is 10.7. The number of thioether (sulfide) groups is 1. The minimum Gasteiger partial charge on any atom is -0.467 e. The van der Waals surface area contributed by atoms with Crippen molar-refractivity contribution in [2.45, 2.75) is 37.4 Å². The molecule has 1 amide bonds. The average Bonchev–Trinajstić information content (AvgIpc) is 3.24. The maximum atomic E-state index is 12.5. The van der Waals surface area contributed by atoms with Gasteiger partial charge in [-0.1, -0.05) is 11.8 Å². The molecule has 1 aromatic carbocycles. The molecule has 1 fully saturated rings. The first-order valence-electron chi connectivity index (χ1n) is 9.09. The molecule has 0 aliphatic heterocycles. The van der Waals surface area contributed by atoms with E-state index in [9.17, 15) is 9.59 Å². The van der Waals surface area contributed by atoms with E-state index in [0.717, 1.165) is 29.6 Å². The molecule has 1 saturated carbocycles. The van der Waals surface area contributed by atoms with Gasteiger partial charge in [0.15, 0.2) is 10.9 Å². The molecule has 0 unspecified atom stereocenters. The van der Waals surface area contributed by atoms with Gasteiger partial charge >= 0.3 is 0 Å². The van der Waals surface area contributed by atoms with E-state index in [1.54, 1.807) is 30.5 Å². The van der Waals surface area contributed by atoms with E-state index >= 15 is 0 Å². The quantitative estimate of drug-likeness (QED) is 0.461. The van der Waals surface area contributed by atoms with Crippen molar-refractivity contribution < 1.29 is 14.0 Å². The minimum absolute atomic E-state index is 0.0000967. The van der Waals surface area contributed by atoms with Crippen molar-refractivity contribution in [2.75, 3.05) is 11.1 Å². The smallest absolute Gasteiger partial charge is 0.221 e. The Hall–Kier alpha value is -2.87. The third-order valence-electron chi connectivity index (χ3n) is 4.44. The van der Waals surface area contributed by atoms with Crippen LogP contribution in [0.3, 0.4) is 0 Å². The zero-order chi connectivity index (χ0) is 19.5. The van der Waals surface area contributed by atoms with Gasteiger partial charge in [-0.15, -0.1) is 10.2 Å². The maximum Gasteiger partial charge on any atom is 0.221 e. The number of ketones is 1. The number of Topliss-reactive ketones (excluding diaryl/α,β-unsaturated/α-hetero) is 1. The summed E-state index contributed by atoms with van der Waals surface area (Å²) in [5.41, 5.74) is 1.27. The second kappa shape index (κ2) is 8.02.